The zero-order valence-electron chi connectivity index (χ0n) is 12.6. The van der Waals surface area contributed by atoms with Crippen LogP contribution in [0.15, 0.2) is 29.1 Å². The summed E-state index contributed by atoms with van der Waals surface area (Å²) in [6.07, 6.45) is 1.92. The molecule has 0 saturated carbocycles. The number of benzene rings is 1. The zero-order valence-corrected chi connectivity index (χ0v) is 12.6. The third-order valence-electron chi connectivity index (χ3n) is 4.37. The first-order chi connectivity index (χ1) is 10.6. The molecule has 1 aromatic carbocycles. The van der Waals surface area contributed by atoms with Gasteiger partial charge >= 0.3 is 0 Å². The molecule has 1 aliphatic rings. The fourth-order valence-electron chi connectivity index (χ4n) is 2.99. The van der Waals surface area contributed by atoms with Crippen molar-refractivity contribution in [3.05, 3.63) is 40.2 Å². The molecular weight excluding hydrogens is 280 g/mol. The van der Waals surface area contributed by atoms with Crippen molar-refractivity contribution in [2.75, 3.05) is 13.1 Å². The molecule has 3 N–H and O–H groups in total. The topological polar surface area (TPSA) is 92.1 Å². The van der Waals surface area contributed by atoms with E-state index in [-0.39, 0.29) is 29.0 Å². The lowest BCUT2D eigenvalue weighted by Crippen LogP contribution is -2.46. The summed E-state index contributed by atoms with van der Waals surface area (Å²) in [5.41, 5.74) is 6.23. The summed E-state index contributed by atoms with van der Waals surface area (Å²) in [6, 6.07) is 7.11. The maximum Gasteiger partial charge on any atom is 0.278 e. The van der Waals surface area contributed by atoms with E-state index in [1.54, 1.807) is 23.1 Å². The van der Waals surface area contributed by atoms with Crippen LogP contribution in [-0.2, 0) is 0 Å². The van der Waals surface area contributed by atoms with E-state index < -0.39 is 0 Å². The monoisotopic (exact) mass is 300 g/mol. The lowest BCUT2D eigenvalue weighted by atomic mass is 9.92. The summed E-state index contributed by atoms with van der Waals surface area (Å²) in [6.45, 7) is 3.19. The van der Waals surface area contributed by atoms with Gasteiger partial charge in [-0.25, -0.2) is 0 Å². The molecule has 2 heterocycles. The molecule has 22 heavy (non-hydrogen) atoms. The number of hydrogen-bond donors (Lipinski definition) is 2. The number of likely N-dealkylation sites (tertiary alicyclic amines) is 1. The molecule has 3 rings (SSSR count). The van der Waals surface area contributed by atoms with E-state index in [1.165, 1.54) is 0 Å². The highest BCUT2D eigenvalue weighted by Gasteiger charge is 2.28. The molecule has 2 aromatic rings. The van der Waals surface area contributed by atoms with Crippen molar-refractivity contribution in [3.8, 4) is 0 Å². The van der Waals surface area contributed by atoms with E-state index in [0.29, 0.717) is 24.0 Å². The molecule has 2 atom stereocenters. The SMILES string of the molecule is C[C@H](N)[C@@H]1CCCN(C(=O)c2n[nH]c3ccccc3c2=O)C1. The first-order valence-corrected chi connectivity index (χ1v) is 7.60. The fraction of sp³-hybridized carbons (Fsp3) is 0.438. The summed E-state index contributed by atoms with van der Waals surface area (Å²) in [5, 5.41) is 7.27. The number of para-hydroxylation sites is 1. The van der Waals surface area contributed by atoms with Gasteiger partial charge in [0, 0.05) is 24.5 Å². The molecule has 0 radical (unpaired) electrons. The maximum atomic E-state index is 12.6. The van der Waals surface area contributed by atoms with Gasteiger partial charge in [0.05, 0.1) is 5.52 Å². The number of carbonyl (C=O) groups is 1. The van der Waals surface area contributed by atoms with Gasteiger partial charge < -0.3 is 10.6 Å². The average Bonchev–Trinajstić information content (AvgIpc) is 2.55. The predicted octanol–water partition coefficient (Wildman–Crippen LogP) is 1.12. The van der Waals surface area contributed by atoms with Crippen LogP contribution in [0.3, 0.4) is 0 Å². The lowest BCUT2D eigenvalue weighted by molar-refractivity contribution is 0.0652. The number of H-pyrrole nitrogens is 1. The normalized spacial score (nSPS) is 20.1. The number of hydrogen-bond acceptors (Lipinski definition) is 4. The number of nitrogens with zero attached hydrogens (tertiary/aromatic N) is 2. The maximum absolute atomic E-state index is 12.6. The van der Waals surface area contributed by atoms with E-state index in [4.69, 9.17) is 5.73 Å². The minimum absolute atomic E-state index is 0.0379. The molecule has 116 valence electrons. The number of nitrogens with two attached hydrogens (primary N) is 1. The molecular formula is C16H20N4O2. The molecule has 1 aliphatic heterocycles. The van der Waals surface area contributed by atoms with Crippen LogP contribution in [0, 0.1) is 5.92 Å². The van der Waals surface area contributed by atoms with Gasteiger partial charge in [0.2, 0.25) is 5.43 Å². The third-order valence-corrected chi connectivity index (χ3v) is 4.37. The molecule has 0 aliphatic carbocycles. The standard InChI is InChI=1S/C16H20N4O2/c1-10(17)11-5-4-8-20(9-11)16(22)14-15(21)12-6-2-3-7-13(12)18-19-14/h2-3,6-7,10-11H,4-5,8-9,17H2,1H3,(H,18,21)/t10-,11+/m0/s1. The van der Waals surface area contributed by atoms with E-state index in [2.05, 4.69) is 10.2 Å². The van der Waals surface area contributed by atoms with Crippen molar-refractivity contribution in [2.45, 2.75) is 25.8 Å². The fourth-order valence-corrected chi connectivity index (χ4v) is 2.99. The first-order valence-electron chi connectivity index (χ1n) is 7.60. The Hall–Kier alpha value is -2.21. The molecule has 1 saturated heterocycles. The Kier molecular flexibility index (Phi) is 3.94. The Morgan fingerprint density at radius 2 is 2.23 bits per heavy atom. The van der Waals surface area contributed by atoms with Gasteiger partial charge in [-0.1, -0.05) is 12.1 Å². The van der Waals surface area contributed by atoms with Gasteiger partial charge in [-0.2, -0.15) is 5.10 Å². The second kappa shape index (κ2) is 5.88. The minimum atomic E-state index is -0.317. The van der Waals surface area contributed by atoms with Gasteiger partial charge in [-0.15, -0.1) is 0 Å². The van der Waals surface area contributed by atoms with Crippen molar-refractivity contribution >= 4 is 16.8 Å². The van der Waals surface area contributed by atoms with Crippen LogP contribution >= 0.6 is 0 Å². The Bertz CT molecular complexity index is 753. The summed E-state index contributed by atoms with van der Waals surface area (Å²) >= 11 is 0. The lowest BCUT2D eigenvalue weighted by Gasteiger charge is -2.34. The Balaban J connectivity index is 1.92. The van der Waals surface area contributed by atoms with Crippen LogP contribution in [0.2, 0.25) is 0 Å². The quantitative estimate of drug-likeness (QED) is 0.869. The van der Waals surface area contributed by atoms with Gasteiger partial charge in [-0.05, 0) is 37.8 Å². The number of piperidine rings is 1. The second-order valence-corrected chi connectivity index (χ2v) is 5.96. The Morgan fingerprint density at radius 3 is 3.00 bits per heavy atom. The van der Waals surface area contributed by atoms with Crippen molar-refractivity contribution in [2.24, 2.45) is 11.7 Å². The molecule has 1 fully saturated rings. The number of rotatable bonds is 2. The number of nitrogens with one attached hydrogen (secondary N) is 1. The Labute approximate surface area is 128 Å². The Morgan fingerprint density at radius 1 is 1.45 bits per heavy atom. The van der Waals surface area contributed by atoms with Crippen LogP contribution in [-0.4, -0.2) is 40.1 Å². The highest BCUT2D eigenvalue weighted by molar-refractivity contribution is 5.95. The largest absolute Gasteiger partial charge is 0.337 e. The van der Waals surface area contributed by atoms with E-state index in [9.17, 15) is 9.59 Å². The molecule has 1 amide bonds. The van der Waals surface area contributed by atoms with E-state index >= 15 is 0 Å². The summed E-state index contributed by atoms with van der Waals surface area (Å²) in [4.78, 5) is 26.8. The molecule has 1 aromatic heterocycles. The highest BCUT2D eigenvalue weighted by Crippen LogP contribution is 2.19. The van der Waals surface area contributed by atoms with Crippen LogP contribution in [0.25, 0.3) is 10.9 Å². The highest BCUT2D eigenvalue weighted by atomic mass is 16.2. The zero-order chi connectivity index (χ0) is 15.7. The van der Waals surface area contributed by atoms with E-state index in [0.717, 1.165) is 12.8 Å². The summed E-state index contributed by atoms with van der Waals surface area (Å²) < 4.78 is 0. The first kappa shape index (κ1) is 14.7. The average molecular weight is 300 g/mol. The molecule has 6 nitrogen and oxygen atoms in total. The molecule has 0 unspecified atom stereocenters. The van der Waals surface area contributed by atoms with Crippen molar-refractivity contribution in [1.29, 1.82) is 0 Å². The molecule has 0 spiro atoms. The minimum Gasteiger partial charge on any atom is -0.337 e. The number of fused-ring (bicyclic) bond motifs is 1. The number of aromatic amines is 1. The van der Waals surface area contributed by atoms with Gasteiger partial charge in [0.25, 0.3) is 5.91 Å². The van der Waals surface area contributed by atoms with Crippen molar-refractivity contribution in [3.63, 3.8) is 0 Å². The van der Waals surface area contributed by atoms with Gasteiger partial charge in [0.1, 0.15) is 0 Å². The number of aromatic nitrogens is 2. The smallest absolute Gasteiger partial charge is 0.278 e. The predicted molar refractivity (Wildman–Crippen MR) is 84.6 cm³/mol. The summed E-state index contributed by atoms with van der Waals surface area (Å²) in [7, 11) is 0. The van der Waals surface area contributed by atoms with Crippen LogP contribution in [0.5, 0.6) is 0 Å². The van der Waals surface area contributed by atoms with E-state index in [1.807, 2.05) is 13.0 Å². The van der Waals surface area contributed by atoms with Gasteiger partial charge in [-0.3, -0.25) is 14.7 Å². The van der Waals surface area contributed by atoms with Crippen LogP contribution < -0.4 is 11.2 Å². The third kappa shape index (κ3) is 2.62. The second-order valence-electron chi connectivity index (χ2n) is 5.96. The van der Waals surface area contributed by atoms with Crippen molar-refractivity contribution in [1.82, 2.24) is 15.1 Å². The summed E-state index contributed by atoms with van der Waals surface area (Å²) in [5.74, 6) is -0.0328. The van der Waals surface area contributed by atoms with Crippen LogP contribution in [0.4, 0.5) is 0 Å². The molecule has 0 bridgehead atoms. The molecule has 6 heteroatoms. The number of carbonyl (C=O) groups excluding carboxylic acids is 1. The van der Waals surface area contributed by atoms with Gasteiger partial charge in [0.15, 0.2) is 5.69 Å². The van der Waals surface area contributed by atoms with Crippen molar-refractivity contribution < 1.29 is 4.79 Å². The van der Waals surface area contributed by atoms with Crippen LogP contribution in [0.1, 0.15) is 30.3 Å². The number of amides is 1.